The summed E-state index contributed by atoms with van der Waals surface area (Å²) in [5.74, 6) is 1.13. The molecule has 0 saturated heterocycles. The molecule has 1 rings (SSSR count). The second kappa shape index (κ2) is 5.04. The van der Waals surface area contributed by atoms with E-state index in [2.05, 4.69) is 24.3 Å². The summed E-state index contributed by atoms with van der Waals surface area (Å²) in [5, 5.41) is 7.43. The Balaban J connectivity index is 0.00000121. The fourth-order valence-electron chi connectivity index (χ4n) is 1.04. The molecular formula is C8H16ClN3. The molecule has 0 bridgehead atoms. The van der Waals surface area contributed by atoms with Gasteiger partial charge in [0.25, 0.3) is 0 Å². The summed E-state index contributed by atoms with van der Waals surface area (Å²) in [6.07, 6.45) is 3.02. The van der Waals surface area contributed by atoms with Crippen LogP contribution in [-0.2, 0) is 7.05 Å². The summed E-state index contributed by atoms with van der Waals surface area (Å²) in [6.45, 7) is 5.23. The van der Waals surface area contributed by atoms with Gasteiger partial charge < -0.3 is 5.32 Å². The Bertz CT molecular complexity index is 213. The number of aryl methyl sites for hydroxylation is 2. The number of rotatable bonds is 3. The summed E-state index contributed by atoms with van der Waals surface area (Å²) in [7, 11) is 1.95. The van der Waals surface area contributed by atoms with E-state index in [1.807, 2.05) is 17.9 Å². The molecule has 12 heavy (non-hydrogen) atoms. The van der Waals surface area contributed by atoms with Crippen molar-refractivity contribution < 1.29 is 0 Å². The maximum absolute atomic E-state index is 4.12. The lowest BCUT2D eigenvalue weighted by molar-refractivity contribution is 0.766. The molecule has 1 heterocycles. The Morgan fingerprint density at radius 2 is 2.25 bits per heavy atom. The molecule has 0 amide bonds. The van der Waals surface area contributed by atoms with Gasteiger partial charge in [-0.1, -0.05) is 6.92 Å². The molecule has 0 fully saturated rings. The monoisotopic (exact) mass is 189 g/mol. The van der Waals surface area contributed by atoms with Crippen molar-refractivity contribution in [3.8, 4) is 0 Å². The van der Waals surface area contributed by atoms with Gasteiger partial charge in [-0.15, -0.1) is 12.4 Å². The van der Waals surface area contributed by atoms with Crippen LogP contribution < -0.4 is 5.32 Å². The summed E-state index contributed by atoms with van der Waals surface area (Å²) < 4.78 is 1.87. The van der Waals surface area contributed by atoms with Crippen LogP contribution >= 0.6 is 12.4 Å². The van der Waals surface area contributed by atoms with E-state index in [4.69, 9.17) is 0 Å². The number of hydrogen-bond acceptors (Lipinski definition) is 2. The normalized spacial score (nSPS) is 9.25. The van der Waals surface area contributed by atoms with Gasteiger partial charge in [0.05, 0.1) is 6.20 Å². The lowest BCUT2D eigenvalue weighted by Crippen LogP contribution is -2.06. The molecule has 0 aliphatic heterocycles. The van der Waals surface area contributed by atoms with Gasteiger partial charge in [0.15, 0.2) is 0 Å². The first-order valence-corrected chi connectivity index (χ1v) is 3.98. The van der Waals surface area contributed by atoms with Crippen molar-refractivity contribution in [3.63, 3.8) is 0 Å². The first kappa shape index (κ1) is 11.3. The van der Waals surface area contributed by atoms with Crippen molar-refractivity contribution in [2.45, 2.75) is 20.3 Å². The van der Waals surface area contributed by atoms with Crippen molar-refractivity contribution >= 4 is 18.2 Å². The van der Waals surface area contributed by atoms with Gasteiger partial charge in [-0.25, -0.2) is 0 Å². The third-order valence-corrected chi connectivity index (χ3v) is 1.66. The molecule has 1 aromatic rings. The van der Waals surface area contributed by atoms with Crippen LogP contribution in [0.2, 0.25) is 0 Å². The molecule has 3 nitrogen and oxygen atoms in total. The maximum Gasteiger partial charge on any atom is 0.126 e. The van der Waals surface area contributed by atoms with Crippen LogP contribution in [0.3, 0.4) is 0 Å². The van der Waals surface area contributed by atoms with Gasteiger partial charge in [0, 0.05) is 19.2 Å². The number of aromatic nitrogens is 2. The Morgan fingerprint density at radius 1 is 1.58 bits per heavy atom. The molecule has 4 heteroatoms. The molecule has 1 N–H and O–H groups in total. The number of nitrogens with one attached hydrogen (secondary N) is 1. The van der Waals surface area contributed by atoms with E-state index in [0.29, 0.717) is 0 Å². The average Bonchev–Trinajstić information content (AvgIpc) is 2.29. The maximum atomic E-state index is 4.12. The Labute approximate surface area is 79.6 Å². The van der Waals surface area contributed by atoms with Crippen molar-refractivity contribution in [3.05, 3.63) is 11.8 Å². The second-order valence-corrected chi connectivity index (χ2v) is 2.73. The summed E-state index contributed by atoms with van der Waals surface area (Å²) in [4.78, 5) is 0. The Hall–Kier alpha value is -0.700. The van der Waals surface area contributed by atoms with E-state index < -0.39 is 0 Å². The zero-order valence-electron chi connectivity index (χ0n) is 7.79. The van der Waals surface area contributed by atoms with Gasteiger partial charge in [0.2, 0.25) is 0 Å². The highest BCUT2D eigenvalue weighted by Gasteiger charge is 2.00. The fraction of sp³-hybridized carbons (Fsp3) is 0.625. The zero-order chi connectivity index (χ0) is 8.27. The molecule has 0 spiro atoms. The lowest BCUT2D eigenvalue weighted by Gasteiger charge is -2.05. The smallest absolute Gasteiger partial charge is 0.126 e. The third kappa shape index (κ3) is 2.41. The summed E-state index contributed by atoms with van der Waals surface area (Å²) in [6, 6.07) is 0. The molecule has 0 saturated carbocycles. The minimum atomic E-state index is 0. The van der Waals surface area contributed by atoms with Crippen LogP contribution in [-0.4, -0.2) is 16.3 Å². The minimum Gasteiger partial charge on any atom is -0.370 e. The van der Waals surface area contributed by atoms with E-state index >= 15 is 0 Å². The van der Waals surface area contributed by atoms with Crippen molar-refractivity contribution in [1.29, 1.82) is 0 Å². The number of hydrogen-bond donors (Lipinski definition) is 1. The first-order valence-electron chi connectivity index (χ1n) is 3.98. The first-order chi connectivity index (χ1) is 5.25. The molecule has 0 radical (unpaired) electrons. The van der Waals surface area contributed by atoms with Gasteiger partial charge in [-0.05, 0) is 13.3 Å². The minimum absolute atomic E-state index is 0. The van der Waals surface area contributed by atoms with Crippen molar-refractivity contribution in [2.24, 2.45) is 7.05 Å². The van der Waals surface area contributed by atoms with Crippen molar-refractivity contribution in [1.82, 2.24) is 9.78 Å². The molecule has 0 atom stereocenters. The number of anilines is 1. The standard InChI is InChI=1S/C8H15N3.ClH/c1-4-5-9-8-7(2)6-10-11(8)3;/h6,9H,4-5H2,1-3H3;1H. The quantitative estimate of drug-likeness (QED) is 0.788. The van der Waals surface area contributed by atoms with E-state index in [1.54, 1.807) is 0 Å². The highest BCUT2D eigenvalue weighted by molar-refractivity contribution is 5.85. The molecule has 0 unspecified atom stereocenters. The molecule has 1 aromatic heterocycles. The highest BCUT2D eigenvalue weighted by atomic mass is 35.5. The highest BCUT2D eigenvalue weighted by Crippen LogP contribution is 2.11. The van der Waals surface area contributed by atoms with Crippen LogP contribution in [0, 0.1) is 6.92 Å². The van der Waals surface area contributed by atoms with Crippen LogP contribution in [0.1, 0.15) is 18.9 Å². The van der Waals surface area contributed by atoms with Gasteiger partial charge in [-0.2, -0.15) is 5.10 Å². The van der Waals surface area contributed by atoms with Crippen LogP contribution in [0.15, 0.2) is 6.20 Å². The largest absolute Gasteiger partial charge is 0.370 e. The summed E-state index contributed by atoms with van der Waals surface area (Å²) >= 11 is 0. The molecule has 0 aromatic carbocycles. The van der Waals surface area contributed by atoms with Crippen LogP contribution in [0.25, 0.3) is 0 Å². The van der Waals surface area contributed by atoms with Gasteiger partial charge in [-0.3, -0.25) is 4.68 Å². The molecule has 0 aliphatic carbocycles. The predicted molar refractivity (Wildman–Crippen MR) is 54.0 cm³/mol. The number of nitrogens with zero attached hydrogens (tertiary/aromatic N) is 2. The Kier molecular flexibility index (Phi) is 4.74. The van der Waals surface area contributed by atoms with Crippen LogP contribution in [0.5, 0.6) is 0 Å². The molecular weight excluding hydrogens is 174 g/mol. The second-order valence-electron chi connectivity index (χ2n) is 2.73. The molecule has 70 valence electrons. The fourth-order valence-corrected chi connectivity index (χ4v) is 1.04. The van der Waals surface area contributed by atoms with E-state index in [-0.39, 0.29) is 12.4 Å². The van der Waals surface area contributed by atoms with Crippen LogP contribution in [0.4, 0.5) is 5.82 Å². The number of halogens is 1. The third-order valence-electron chi connectivity index (χ3n) is 1.66. The molecule has 0 aliphatic rings. The predicted octanol–water partition coefficient (Wildman–Crippen LogP) is 1.97. The zero-order valence-corrected chi connectivity index (χ0v) is 8.61. The van der Waals surface area contributed by atoms with E-state index in [0.717, 1.165) is 18.8 Å². The lowest BCUT2D eigenvalue weighted by atomic mass is 10.3. The van der Waals surface area contributed by atoms with Gasteiger partial charge in [0.1, 0.15) is 5.82 Å². The Morgan fingerprint density at radius 3 is 2.67 bits per heavy atom. The van der Waals surface area contributed by atoms with E-state index in [1.165, 1.54) is 5.56 Å². The average molecular weight is 190 g/mol. The van der Waals surface area contributed by atoms with Gasteiger partial charge >= 0.3 is 0 Å². The van der Waals surface area contributed by atoms with Crippen molar-refractivity contribution in [2.75, 3.05) is 11.9 Å². The topological polar surface area (TPSA) is 29.9 Å². The summed E-state index contributed by atoms with van der Waals surface area (Å²) in [5.41, 5.74) is 1.21. The van der Waals surface area contributed by atoms with E-state index in [9.17, 15) is 0 Å². The SMILES string of the molecule is CCCNc1c(C)cnn1C.Cl.